The van der Waals surface area contributed by atoms with Crippen LogP contribution < -0.4 is 15.5 Å². The Kier molecular flexibility index (Phi) is 9.51. The summed E-state index contributed by atoms with van der Waals surface area (Å²) >= 11 is 0. The fraction of sp³-hybridized carbons (Fsp3) is 0.607. The first kappa shape index (κ1) is 29.1. The average Bonchev–Trinajstić information content (AvgIpc) is 2.87. The number of piperidine rings is 2. The summed E-state index contributed by atoms with van der Waals surface area (Å²) in [6, 6.07) is 4.92. The highest BCUT2D eigenvalue weighted by molar-refractivity contribution is 6.00. The molecule has 2 aliphatic heterocycles. The second-order valence-electron chi connectivity index (χ2n) is 10.9. The van der Waals surface area contributed by atoms with Crippen molar-refractivity contribution in [1.29, 1.82) is 0 Å². The van der Waals surface area contributed by atoms with Crippen molar-refractivity contribution in [2.24, 2.45) is 5.92 Å². The van der Waals surface area contributed by atoms with Crippen molar-refractivity contribution >= 4 is 35.1 Å². The smallest absolute Gasteiger partial charge is 0.251 e. The summed E-state index contributed by atoms with van der Waals surface area (Å²) in [5.41, 5.74) is 1.42. The molecule has 2 fully saturated rings. The zero-order valence-electron chi connectivity index (χ0n) is 23.3. The molecule has 1 aromatic rings. The molecule has 2 heterocycles. The van der Waals surface area contributed by atoms with Crippen molar-refractivity contribution in [3.63, 3.8) is 0 Å². The number of Topliss-reactive ketones (excluding diaryl/α,β-unsaturated/α-hetero) is 1. The topological polar surface area (TPSA) is 119 Å². The molecule has 38 heavy (non-hydrogen) atoms. The molecule has 10 nitrogen and oxygen atoms in total. The summed E-state index contributed by atoms with van der Waals surface area (Å²) in [5, 5.41) is 5.57. The third-order valence-corrected chi connectivity index (χ3v) is 7.32. The van der Waals surface area contributed by atoms with E-state index in [0.717, 1.165) is 5.69 Å². The minimum atomic E-state index is -0.760. The zero-order chi connectivity index (χ0) is 28.1. The Balaban J connectivity index is 1.72. The minimum absolute atomic E-state index is 0.0898. The average molecular weight is 528 g/mol. The summed E-state index contributed by atoms with van der Waals surface area (Å²) in [5.74, 6) is -1.21. The summed E-state index contributed by atoms with van der Waals surface area (Å²) in [7, 11) is 3.84. The zero-order valence-corrected chi connectivity index (χ0v) is 23.3. The number of nitrogens with zero attached hydrogens (tertiary/aromatic N) is 3. The predicted octanol–water partition coefficient (Wildman–Crippen LogP) is 1.58. The van der Waals surface area contributed by atoms with Crippen molar-refractivity contribution < 1.29 is 24.0 Å². The molecule has 3 rings (SSSR count). The molecule has 4 atom stereocenters. The van der Waals surface area contributed by atoms with Crippen LogP contribution in [0.3, 0.4) is 0 Å². The number of fused-ring (bicyclic) bond motifs is 2. The molecule has 2 aliphatic rings. The number of nitrogens with one attached hydrogen (secondary N) is 2. The molecule has 208 valence electrons. The van der Waals surface area contributed by atoms with E-state index in [1.807, 2.05) is 51.9 Å². The quantitative estimate of drug-likeness (QED) is 0.503. The van der Waals surface area contributed by atoms with Gasteiger partial charge in [0.2, 0.25) is 17.7 Å². The van der Waals surface area contributed by atoms with E-state index in [2.05, 4.69) is 10.6 Å². The van der Waals surface area contributed by atoms with E-state index in [-0.39, 0.29) is 47.9 Å². The van der Waals surface area contributed by atoms with Gasteiger partial charge in [0.1, 0.15) is 12.1 Å². The van der Waals surface area contributed by atoms with Crippen LogP contribution in [0, 0.1) is 5.92 Å². The maximum atomic E-state index is 13.7. The van der Waals surface area contributed by atoms with Crippen LogP contribution in [0.25, 0.3) is 0 Å². The summed E-state index contributed by atoms with van der Waals surface area (Å²) in [6.45, 7) is 7.38. The molecule has 0 radical (unpaired) electrons. The number of hydrogen-bond acceptors (Lipinski definition) is 6. The van der Waals surface area contributed by atoms with Gasteiger partial charge in [0.05, 0.1) is 12.6 Å². The summed E-state index contributed by atoms with van der Waals surface area (Å²) in [4.78, 5) is 69.6. The van der Waals surface area contributed by atoms with Gasteiger partial charge >= 0.3 is 0 Å². The van der Waals surface area contributed by atoms with Crippen LogP contribution in [0.4, 0.5) is 5.69 Å². The van der Waals surface area contributed by atoms with Crippen LogP contribution in [0.2, 0.25) is 0 Å². The molecule has 0 spiro atoms. The maximum Gasteiger partial charge on any atom is 0.251 e. The molecular weight excluding hydrogens is 486 g/mol. The Labute approximate surface area is 225 Å². The van der Waals surface area contributed by atoms with Crippen LogP contribution in [-0.4, -0.2) is 90.6 Å². The van der Waals surface area contributed by atoms with Gasteiger partial charge in [-0.25, -0.2) is 0 Å². The number of carbonyl (C=O) groups is 5. The van der Waals surface area contributed by atoms with Crippen molar-refractivity contribution in [3.05, 3.63) is 29.8 Å². The largest absolute Gasteiger partial charge is 0.378 e. The lowest BCUT2D eigenvalue weighted by Gasteiger charge is -2.48. The SMILES string of the molecule is CC[C@H](NC(C)=O)C(=O)N1CC(=O)[C@@H]2C[C@H]1CCN2C(=O)C(CC(C)C)NC(=O)c1ccc(N(C)C)cc1. The molecule has 1 unspecified atom stereocenters. The Morgan fingerprint density at radius 2 is 1.63 bits per heavy atom. The standard InChI is InChI=1S/C28H41N5O5/c1-7-22(29-18(4)34)27(37)33-16-25(35)24-15-21(33)12-13-32(24)28(38)23(14-17(2)3)30-26(36)19-8-10-20(11-9-19)31(5)6/h8-11,17,21-24H,7,12-16H2,1-6H3,(H,29,34)(H,30,36)/t21-,22+,23?,24+/m1/s1. The molecule has 0 aliphatic carbocycles. The minimum Gasteiger partial charge on any atom is -0.378 e. The van der Waals surface area contributed by atoms with Gasteiger partial charge in [0.15, 0.2) is 5.78 Å². The predicted molar refractivity (Wildman–Crippen MR) is 145 cm³/mol. The van der Waals surface area contributed by atoms with Crippen LogP contribution in [0.5, 0.6) is 0 Å². The number of benzene rings is 1. The fourth-order valence-electron chi connectivity index (χ4n) is 5.29. The Morgan fingerprint density at radius 1 is 1.00 bits per heavy atom. The fourth-order valence-corrected chi connectivity index (χ4v) is 5.29. The lowest BCUT2D eigenvalue weighted by molar-refractivity contribution is -0.155. The maximum absolute atomic E-state index is 13.7. The first-order chi connectivity index (χ1) is 17.9. The van der Waals surface area contributed by atoms with Gasteiger partial charge in [-0.3, -0.25) is 24.0 Å². The summed E-state index contributed by atoms with van der Waals surface area (Å²) in [6.07, 6.45) is 1.77. The third-order valence-electron chi connectivity index (χ3n) is 7.32. The molecule has 0 aromatic heterocycles. The number of hydrogen-bond donors (Lipinski definition) is 2. The van der Waals surface area contributed by atoms with E-state index < -0.39 is 18.1 Å². The van der Waals surface area contributed by atoms with Gasteiger partial charge in [-0.1, -0.05) is 20.8 Å². The van der Waals surface area contributed by atoms with Gasteiger partial charge in [-0.05, 0) is 55.9 Å². The molecule has 2 N–H and O–H groups in total. The molecule has 10 heteroatoms. The molecule has 1 aromatic carbocycles. The van der Waals surface area contributed by atoms with Gasteiger partial charge < -0.3 is 25.3 Å². The van der Waals surface area contributed by atoms with Gasteiger partial charge in [0.25, 0.3) is 5.91 Å². The second-order valence-corrected chi connectivity index (χ2v) is 10.9. The van der Waals surface area contributed by atoms with E-state index in [9.17, 15) is 24.0 Å². The Hall–Kier alpha value is -3.43. The third kappa shape index (κ3) is 6.71. The van der Waals surface area contributed by atoms with E-state index >= 15 is 0 Å². The Bertz CT molecular complexity index is 1050. The second kappa shape index (κ2) is 12.4. The van der Waals surface area contributed by atoms with E-state index in [1.165, 1.54) is 6.92 Å². The molecule has 2 saturated heterocycles. The lowest BCUT2D eigenvalue weighted by atomic mass is 9.86. The van der Waals surface area contributed by atoms with Crippen LogP contribution in [0.15, 0.2) is 24.3 Å². The Morgan fingerprint density at radius 3 is 2.18 bits per heavy atom. The first-order valence-electron chi connectivity index (χ1n) is 13.4. The highest BCUT2D eigenvalue weighted by atomic mass is 16.2. The highest BCUT2D eigenvalue weighted by Crippen LogP contribution is 2.29. The van der Waals surface area contributed by atoms with Crippen molar-refractivity contribution in [1.82, 2.24) is 20.4 Å². The summed E-state index contributed by atoms with van der Waals surface area (Å²) < 4.78 is 0. The van der Waals surface area contributed by atoms with Crippen molar-refractivity contribution in [2.45, 2.75) is 77.5 Å². The van der Waals surface area contributed by atoms with Gasteiger partial charge in [-0.2, -0.15) is 0 Å². The van der Waals surface area contributed by atoms with E-state index in [0.29, 0.717) is 37.8 Å². The van der Waals surface area contributed by atoms with Gasteiger partial charge in [-0.15, -0.1) is 0 Å². The van der Waals surface area contributed by atoms with Crippen LogP contribution in [0.1, 0.15) is 63.7 Å². The molecule has 2 bridgehead atoms. The molecule has 4 amide bonds. The van der Waals surface area contributed by atoms with E-state index in [1.54, 1.807) is 21.9 Å². The number of ketones is 1. The first-order valence-corrected chi connectivity index (χ1v) is 13.4. The van der Waals surface area contributed by atoms with Crippen molar-refractivity contribution in [3.8, 4) is 0 Å². The van der Waals surface area contributed by atoms with Gasteiger partial charge in [0, 0.05) is 44.9 Å². The number of amides is 4. The monoisotopic (exact) mass is 527 g/mol. The highest BCUT2D eigenvalue weighted by Gasteiger charge is 2.46. The van der Waals surface area contributed by atoms with Crippen molar-refractivity contribution in [2.75, 3.05) is 32.1 Å². The van der Waals surface area contributed by atoms with Crippen LogP contribution >= 0.6 is 0 Å². The van der Waals surface area contributed by atoms with Crippen LogP contribution in [-0.2, 0) is 19.2 Å². The number of anilines is 1. The molecule has 0 saturated carbocycles. The normalized spacial score (nSPS) is 20.6. The lowest BCUT2D eigenvalue weighted by Crippen LogP contribution is -2.66. The van der Waals surface area contributed by atoms with E-state index in [4.69, 9.17) is 0 Å². The molecular formula is C28H41N5O5. The number of carbonyl (C=O) groups excluding carboxylic acids is 5. The number of rotatable bonds is 9. The number of likely N-dealkylation sites (tertiary alicyclic amines) is 2.